The lowest BCUT2D eigenvalue weighted by Crippen LogP contribution is -2.42. The predicted molar refractivity (Wildman–Crippen MR) is 120 cm³/mol. The van der Waals surface area contributed by atoms with Crippen molar-refractivity contribution in [3.8, 4) is 5.75 Å². The van der Waals surface area contributed by atoms with E-state index in [4.69, 9.17) is 4.74 Å². The number of para-hydroxylation sites is 1. The molecule has 3 aromatic rings. The molecule has 0 aliphatic carbocycles. The van der Waals surface area contributed by atoms with Crippen molar-refractivity contribution in [2.24, 2.45) is 0 Å². The zero-order valence-corrected chi connectivity index (χ0v) is 18.8. The number of carbonyl (C=O) groups is 1. The highest BCUT2D eigenvalue weighted by molar-refractivity contribution is 7.89. The molecule has 3 rings (SSSR count). The molecule has 0 radical (unpaired) electrons. The first-order chi connectivity index (χ1) is 16.1. The quantitative estimate of drug-likeness (QED) is 0.338. The highest BCUT2D eigenvalue weighted by Gasteiger charge is 2.37. The van der Waals surface area contributed by atoms with Crippen LogP contribution in [0.1, 0.15) is 18.1 Å². The minimum absolute atomic E-state index is 0.116. The maximum atomic E-state index is 13.3. The van der Waals surface area contributed by atoms with E-state index in [9.17, 15) is 32.8 Å². The fraction of sp³-hybridized carbons (Fsp3) is 0.174. The second-order valence-corrected chi connectivity index (χ2v) is 9.21. The smallest absolute Gasteiger partial charge is 0.321 e. The molecule has 34 heavy (non-hydrogen) atoms. The average Bonchev–Trinajstić information content (AvgIpc) is 2.81. The van der Waals surface area contributed by atoms with Gasteiger partial charge in [-0.3, -0.25) is 14.9 Å². The highest BCUT2D eigenvalue weighted by Crippen LogP contribution is 2.29. The number of sulfonamides is 1. The van der Waals surface area contributed by atoms with Gasteiger partial charge in [0.25, 0.3) is 15.7 Å². The van der Waals surface area contributed by atoms with Crippen LogP contribution < -0.4 is 4.74 Å². The van der Waals surface area contributed by atoms with Crippen molar-refractivity contribution in [2.45, 2.75) is 31.0 Å². The summed E-state index contributed by atoms with van der Waals surface area (Å²) in [7, 11) is -4.54. The first-order valence-electron chi connectivity index (χ1n) is 10.0. The number of nitro benzene ring substituents is 1. The number of hydrogen-bond donors (Lipinski definition) is 1. The Bertz CT molecular complexity index is 1300. The van der Waals surface area contributed by atoms with Gasteiger partial charge in [0.1, 0.15) is 24.2 Å². The van der Waals surface area contributed by atoms with E-state index in [1.165, 1.54) is 31.2 Å². The number of ether oxygens (including phenoxy) is 1. The molecule has 0 aliphatic rings. The maximum absolute atomic E-state index is 13.3. The van der Waals surface area contributed by atoms with E-state index in [1.807, 2.05) is 0 Å². The molecular weight excluding hydrogens is 467 g/mol. The Morgan fingerprint density at radius 1 is 1.09 bits per heavy atom. The standard InChI is InChI=1S/C23H21FN2O7S/c1-16(23(27)28)25(34(31,32)22-8-3-2-7-21(22)26(29)30)14-17-9-11-20(12-10-17)33-15-18-5-4-6-19(24)13-18/h2-13,16H,14-15H2,1H3,(H,27,28)/t16-/m0/s1. The number of benzene rings is 3. The van der Waals surface area contributed by atoms with Gasteiger partial charge in [0.2, 0.25) is 0 Å². The Morgan fingerprint density at radius 2 is 1.76 bits per heavy atom. The molecule has 178 valence electrons. The Kier molecular flexibility index (Phi) is 7.59. The monoisotopic (exact) mass is 488 g/mol. The van der Waals surface area contributed by atoms with E-state index in [0.29, 0.717) is 21.2 Å². The Balaban J connectivity index is 1.84. The molecule has 3 aromatic carbocycles. The van der Waals surface area contributed by atoms with Crippen molar-refractivity contribution < 1.29 is 32.4 Å². The lowest BCUT2D eigenvalue weighted by atomic mass is 10.2. The van der Waals surface area contributed by atoms with Crippen LogP contribution in [-0.4, -0.2) is 34.8 Å². The fourth-order valence-corrected chi connectivity index (χ4v) is 4.91. The number of carboxylic acids is 1. The summed E-state index contributed by atoms with van der Waals surface area (Å²) in [6, 6.07) is 15.4. The number of nitrogens with zero attached hydrogens (tertiary/aromatic N) is 2. The molecule has 0 heterocycles. The molecule has 0 bridgehead atoms. The largest absolute Gasteiger partial charge is 0.489 e. The number of rotatable bonds is 10. The lowest BCUT2D eigenvalue weighted by Gasteiger charge is -2.25. The molecule has 9 nitrogen and oxygen atoms in total. The summed E-state index contributed by atoms with van der Waals surface area (Å²) in [4.78, 5) is 21.6. The van der Waals surface area contributed by atoms with Gasteiger partial charge in [-0.05, 0) is 48.4 Å². The van der Waals surface area contributed by atoms with Gasteiger partial charge in [-0.1, -0.05) is 36.4 Å². The van der Waals surface area contributed by atoms with E-state index >= 15 is 0 Å². The summed E-state index contributed by atoms with van der Waals surface area (Å²) in [6.07, 6.45) is 0. The van der Waals surface area contributed by atoms with Crippen LogP contribution in [0.25, 0.3) is 0 Å². The summed E-state index contributed by atoms with van der Waals surface area (Å²) in [5.41, 5.74) is 0.417. The molecule has 0 fully saturated rings. The third-order valence-electron chi connectivity index (χ3n) is 4.99. The Hall–Kier alpha value is -3.83. The van der Waals surface area contributed by atoms with Crippen molar-refractivity contribution in [3.63, 3.8) is 0 Å². The van der Waals surface area contributed by atoms with Gasteiger partial charge in [-0.2, -0.15) is 4.31 Å². The minimum Gasteiger partial charge on any atom is -0.489 e. The second kappa shape index (κ2) is 10.4. The fourth-order valence-electron chi connectivity index (χ4n) is 3.17. The zero-order valence-electron chi connectivity index (χ0n) is 18.0. The van der Waals surface area contributed by atoms with Gasteiger partial charge in [0.05, 0.1) is 4.92 Å². The van der Waals surface area contributed by atoms with Crippen molar-refractivity contribution in [3.05, 3.63) is 99.9 Å². The van der Waals surface area contributed by atoms with Crippen LogP contribution in [-0.2, 0) is 28.0 Å². The van der Waals surface area contributed by atoms with Crippen LogP contribution in [0.4, 0.5) is 10.1 Å². The van der Waals surface area contributed by atoms with Gasteiger partial charge >= 0.3 is 5.97 Å². The van der Waals surface area contributed by atoms with Gasteiger partial charge < -0.3 is 9.84 Å². The van der Waals surface area contributed by atoms with Crippen LogP contribution >= 0.6 is 0 Å². The molecule has 1 atom stereocenters. The maximum Gasteiger partial charge on any atom is 0.321 e. The molecule has 0 amide bonds. The molecule has 0 aromatic heterocycles. The van der Waals surface area contributed by atoms with Crippen molar-refractivity contribution in [1.82, 2.24) is 4.31 Å². The SMILES string of the molecule is C[C@@H](C(=O)O)N(Cc1ccc(OCc2cccc(F)c2)cc1)S(=O)(=O)c1ccccc1[N+](=O)[O-]. The number of halogens is 1. The first kappa shape index (κ1) is 24.8. The molecule has 0 saturated carbocycles. The van der Waals surface area contributed by atoms with Crippen molar-refractivity contribution >= 4 is 21.7 Å². The molecule has 11 heteroatoms. The predicted octanol–water partition coefficient (Wildman–Crippen LogP) is 3.98. The van der Waals surface area contributed by atoms with E-state index in [2.05, 4.69) is 0 Å². The van der Waals surface area contributed by atoms with E-state index in [1.54, 1.807) is 36.4 Å². The van der Waals surface area contributed by atoms with Crippen LogP contribution in [0.3, 0.4) is 0 Å². The summed E-state index contributed by atoms with van der Waals surface area (Å²) >= 11 is 0. The number of nitro groups is 1. The van der Waals surface area contributed by atoms with E-state index in [0.717, 1.165) is 12.1 Å². The van der Waals surface area contributed by atoms with Crippen LogP contribution in [0, 0.1) is 15.9 Å². The lowest BCUT2D eigenvalue weighted by molar-refractivity contribution is -0.387. The van der Waals surface area contributed by atoms with E-state index < -0.39 is 37.5 Å². The zero-order chi connectivity index (χ0) is 24.9. The molecule has 0 unspecified atom stereocenters. The third-order valence-corrected chi connectivity index (χ3v) is 6.96. The first-order valence-corrected chi connectivity index (χ1v) is 11.5. The Labute approximate surface area is 195 Å². The third kappa shape index (κ3) is 5.74. The summed E-state index contributed by atoms with van der Waals surface area (Å²) in [5, 5.41) is 20.8. The normalized spacial score (nSPS) is 12.3. The molecule has 0 saturated heterocycles. The number of aliphatic carboxylic acids is 1. The average molecular weight is 488 g/mol. The molecule has 1 N–H and O–H groups in total. The molecule has 0 aliphatic heterocycles. The molecular formula is C23H21FN2O7S. The number of carboxylic acid groups (broad SMARTS) is 1. The van der Waals surface area contributed by atoms with Gasteiger partial charge in [0.15, 0.2) is 4.90 Å². The summed E-state index contributed by atoms with van der Waals surface area (Å²) in [6.45, 7) is 0.961. The van der Waals surface area contributed by atoms with Gasteiger partial charge in [0, 0.05) is 12.6 Å². The van der Waals surface area contributed by atoms with Crippen molar-refractivity contribution in [1.29, 1.82) is 0 Å². The topological polar surface area (TPSA) is 127 Å². The Morgan fingerprint density at radius 3 is 2.38 bits per heavy atom. The number of hydrogen-bond acceptors (Lipinski definition) is 6. The summed E-state index contributed by atoms with van der Waals surface area (Å²) in [5.74, 6) is -1.35. The van der Waals surface area contributed by atoms with Gasteiger partial charge in [-0.25, -0.2) is 12.8 Å². The van der Waals surface area contributed by atoms with E-state index in [-0.39, 0.29) is 19.0 Å². The van der Waals surface area contributed by atoms with Crippen LogP contribution in [0.2, 0.25) is 0 Å². The second-order valence-electron chi connectivity index (χ2n) is 7.35. The highest BCUT2D eigenvalue weighted by atomic mass is 32.2. The van der Waals surface area contributed by atoms with Gasteiger partial charge in [-0.15, -0.1) is 0 Å². The van der Waals surface area contributed by atoms with Crippen LogP contribution in [0.5, 0.6) is 5.75 Å². The minimum atomic E-state index is -4.54. The molecule has 0 spiro atoms. The van der Waals surface area contributed by atoms with Crippen molar-refractivity contribution in [2.75, 3.05) is 0 Å². The van der Waals surface area contributed by atoms with Crippen LogP contribution in [0.15, 0.2) is 77.7 Å². The summed E-state index contributed by atoms with van der Waals surface area (Å²) < 4.78 is 46.1.